The fourth-order valence-electron chi connectivity index (χ4n) is 3.93. The maximum atomic E-state index is 2.38. The van der Waals surface area contributed by atoms with Gasteiger partial charge in [0.05, 0.1) is 0 Å². The molecule has 0 bridgehead atoms. The first kappa shape index (κ1) is 14.3. The Labute approximate surface area is 138 Å². The molecule has 0 heteroatoms. The van der Waals surface area contributed by atoms with E-state index in [1.807, 2.05) is 0 Å². The monoisotopic (exact) mass is 298 g/mol. The molecule has 3 aromatic rings. The van der Waals surface area contributed by atoms with Crippen molar-refractivity contribution >= 4 is 0 Å². The number of fused-ring (bicyclic) bond motifs is 1. The SMILES string of the molecule is C[C@H]1Cc2ccccc2[C@@H](c2cccc(-c3ccccc3)c2)C1. The molecule has 0 saturated heterocycles. The van der Waals surface area contributed by atoms with Crippen molar-refractivity contribution in [3.63, 3.8) is 0 Å². The molecular weight excluding hydrogens is 276 g/mol. The van der Waals surface area contributed by atoms with E-state index in [4.69, 9.17) is 0 Å². The molecule has 0 spiro atoms. The van der Waals surface area contributed by atoms with E-state index in [0.717, 1.165) is 5.92 Å². The zero-order valence-electron chi connectivity index (χ0n) is 13.6. The predicted molar refractivity (Wildman–Crippen MR) is 97.6 cm³/mol. The molecule has 0 N–H and O–H groups in total. The summed E-state index contributed by atoms with van der Waals surface area (Å²) >= 11 is 0. The Morgan fingerprint density at radius 1 is 0.739 bits per heavy atom. The average molecular weight is 298 g/mol. The van der Waals surface area contributed by atoms with Crippen molar-refractivity contribution in [2.75, 3.05) is 0 Å². The van der Waals surface area contributed by atoms with Gasteiger partial charge in [0, 0.05) is 5.92 Å². The fraction of sp³-hybridized carbons (Fsp3) is 0.217. The second kappa shape index (κ2) is 6.04. The van der Waals surface area contributed by atoms with Crippen molar-refractivity contribution in [2.24, 2.45) is 5.92 Å². The van der Waals surface area contributed by atoms with Gasteiger partial charge in [-0.3, -0.25) is 0 Å². The molecule has 23 heavy (non-hydrogen) atoms. The summed E-state index contributed by atoms with van der Waals surface area (Å²) in [5.74, 6) is 1.27. The highest BCUT2D eigenvalue weighted by atomic mass is 14.3. The molecule has 0 aromatic heterocycles. The van der Waals surface area contributed by atoms with Crippen LogP contribution in [0.3, 0.4) is 0 Å². The molecule has 0 amide bonds. The van der Waals surface area contributed by atoms with Gasteiger partial charge >= 0.3 is 0 Å². The van der Waals surface area contributed by atoms with Crippen LogP contribution in [-0.4, -0.2) is 0 Å². The van der Waals surface area contributed by atoms with E-state index in [2.05, 4.69) is 85.8 Å². The highest BCUT2D eigenvalue weighted by Gasteiger charge is 2.25. The van der Waals surface area contributed by atoms with Crippen LogP contribution in [0.2, 0.25) is 0 Å². The molecule has 3 aromatic carbocycles. The Kier molecular flexibility index (Phi) is 3.75. The van der Waals surface area contributed by atoms with Crippen LogP contribution in [0.1, 0.15) is 36.0 Å². The Balaban J connectivity index is 1.77. The zero-order chi connectivity index (χ0) is 15.6. The lowest BCUT2D eigenvalue weighted by Crippen LogP contribution is -2.17. The van der Waals surface area contributed by atoms with Crippen LogP contribution in [0.15, 0.2) is 78.9 Å². The van der Waals surface area contributed by atoms with Crippen molar-refractivity contribution in [1.29, 1.82) is 0 Å². The largest absolute Gasteiger partial charge is 0.0622 e. The van der Waals surface area contributed by atoms with Gasteiger partial charge in [0.1, 0.15) is 0 Å². The second-order valence-electron chi connectivity index (χ2n) is 6.79. The first-order chi connectivity index (χ1) is 11.3. The van der Waals surface area contributed by atoms with Gasteiger partial charge in [-0.25, -0.2) is 0 Å². The molecule has 0 aliphatic heterocycles. The van der Waals surface area contributed by atoms with Gasteiger partial charge in [-0.05, 0) is 46.6 Å². The molecular formula is C23H22. The third kappa shape index (κ3) is 2.82. The van der Waals surface area contributed by atoms with Crippen LogP contribution in [0.5, 0.6) is 0 Å². The van der Waals surface area contributed by atoms with Crippen molar-refractivity contribution in [3.8, 4) is 11.1 Å². The van der Waals surface area contributed by atoms with Gasteiger partial charge in [-0.1, -0.05) is 85.8 Å². The van der Waals surface area contributed by atoms with Crippen LogP contribution in [0.4, 0.5) is 0 Å². The quantitative estimate of drug-likeness (QED) is 0.539. The van der Waals surface area contributed by atoms with E-state index < -0.39 is 0 Å². The summed E-state index contributed by atoms with van der Waals surface area (Å²) in [6.45, 7) is 2.38. The van der Waals surface area contributed by atoms with Crippen LogP contribution in [0.25, 0.3) is 11.1 Å². The van der Waals surface area contributed by atoms with E-state index in [0.29, 0.717) is 5.92 Å². The molecule has 0 unspecified atom stereocenters. The van der Waals surface area contributed by atoms with Crippen molar-refractivity contribution < 1.29 is 0 Å². The summed E-state index contributed by atoms with van der Waals surface area (Å²) in [6.07, 6.45) is 2.46. The van der Waals surface area contributed by atoms with E-state index in [9.17, 15) is 0 Å². The molecule has 4 rings (SSSR count). The molecule has 0 fully saturated rings. The predicted octanol–water partition coefficient (Wildman–Crippen LogP) is 6.07. The third-order valence-corrected chi connectivity index (χ3v) is 5.03. The lowest BCUT2D eigenvalue weighted by molar-refractivity contribution is 0.464. The maximum Gasteiger partial charge on any atom is 0.00949 e. The van der Waals surface area contributed by atoms with Crippen LogP contribution < -0.4 is 0 Å². The number of hydrogen-bond acceptors (Lipinski definition) is 0. The molecule has 0 nitrogen and oxygen atoms in total. The van der Waals surface area contributed by atoms with Gasteiger partial charge in [-0.2, -0.15) is 0 Å². The minimum Gasteiger partial charge on any atom is -0.0622 e. The Hall–Kier alpha value is -2.34. The molecule has 1 aliphatic carbocycles. The molecule has 2 atom stereocenters. The van der Waals surface area contributed by atoms with Gasteiger partial charge in [0.15, 0.2) is 0 Å². The van der Waals surface area contributed by atoms with Crippen molar-refractivity contribution in [2.45, 2.75) is 25.7 Å². The molecule has 1 aliphatic rings. The summed E-state index contributed by atoms with van der Waals surface area (Å²) in [5.41, 5.74) is 7.12. The lowest BCUT2D eigenvalue weighted by Gasteiger charge is -2.30. The zero-order valence-corrected chi connectivity index (χ0v) is 13.6. The van der Waals surface area contributed by atoms with Crippen LogP contribution in [0, 0.1) is 5.92 Å². The summed E-state index contributed by atoms with van der Waals surface area (Å²) in [4.78, 5) is 0. The normalized spacial score (nSPS) is 20.0. The van der Waals surface area contributed by atoms with Gasteiger partial charge in [0.2, 0.25) is 0 Å². The fourth-order valence-corrected chi connectivity index (χ4v) is 3.93. The van der Waals surface area contributed by atoms with Crippen LogP contribution >= 0.6 is 0 Å². The molecule has 0 radical (unpaired) electrons. The van der Waals surface area contributed by atoms with Gasteiger partial charge in [0.25, 0.3) is 0 Å². The Morgan fingerprint density at radius 2 is 1.48 bits per heavy atom. The van der Waals surface area contributed by atoms with Crippen molar-refractivity contribution in [1.82, 2.24) is 0 Å². The highest BCUT2D eigenvalue weighted by Crippen LogP contribution is 2.39. The van der Waals surface area contributed by atoms with E-state index in [-0.39, 0.29) is 0 Å². The van der Waals surface area contributed by atoms with Crippen molar-refractivity contribution in [3.05, 3.63) is 95.6 Å². The minimum atomic E-state index is 0.526. The number of hydrogen-bond donors (Lipinski definition) is 0. The molecule has 114 valence electrons. The first-order valence-electron chi connectivity index (χ1n) is 8.54. The first-order valence-corrected chi connectivity index (χ1v) is 8.54. The van der Waals surface area contributed by atoms with Gasteiger partial charge < -0.3 is 0 Å². The summed E-state index contributed by atoms with van der Waals surface area (Å²) < 4.78 is 0. The number of rotatable bonds is 2. The van der Waals surface area contributed by atoms with E-state index in [1.54, 1.807) is 0 Å². The molecule has 0 heterocycles. The summed E-state index contributed by atoms with van der Waals surface area (Å²) in [5, 5.41) is 0. The summed E-state index contributed by atoms with van der Waals surface area (Å²) in [7, 11) is 0. The van der Waals surface area contributed by atoms with E-state index >= 15 is 0 Å². The maximum absolute atomic E-state index is 2.38. The summed E-state index contributed by atoms with van der Waals surface area (Å²) in [6, 6.07) is 28.8. The second-order valence-corrected chi connectivity index (χ2v) is 6.79. The Morgan fingerprint density at radius 3 is 2.35 bits per heavy atom. The topological polar surface area (TPSA) is 0 Å². The molecule has 0 saturated carbocycles. The van der Waals surface area contributed by atoms with E-state index in [1.165, 1.54) is 40.7 Å². The van der Waals surface area contributed by atoms with Crippen LogP contribution in [-0.2, 0) is 6.42 Å². The lowest BCUT2D eigenvalue weighted by atomic mass is 9.74. The Bertz CT molecular complexity index is 801. The number of benzene rings is 3. The smallest absolute Gasteiger partial charge is 0.00949 e. The average Bonchev–Trinajstić information content (AvgIpc) is 2.62. The highest BCUT2D eigenvalue weighted by molar-refractivity contribution is 5.64. The van der Waals surface area contributed by atoms with Gasteiger partial charge in [-0.15, -0.1) is 0 Å². The minimum absolute atomic E-state index is 0.526. The third-order valence-electron chi connectivity index (χ3n) is 5.03. The standard InChI is InChI=1S/C23H22/c1-17-14-20-10-5-6-13-22(20)23(15-17)21-12-7-11-19(16-21)18-8-3-2-4-9-18/h2-13,16-17,23H,14-15H2,1H3/t17-,23+/m0/s1.